The normalized spacial score (nSPS) is 13.2. The first kappa shape index (κ1) is 24.2. The molecule has 1 rings (SSSR count). The minimum absolute atomic E-state index is 0.0566. The predicted octanol–water partition coefficient (Wildman–Crippen LogP) is 1.01. The maximum atomic E-state index is 11.4. The maximum absolute atomic E-state index is 11.4. The summed E-state index contributed by atoms with van der Waals surface area (Å²) in [7, 11) is -10.8. The molecule has 0 unspecified atom stereocenters. The highest BCUT2D eigenvalue weighted by molar-refractivity contribution is 7.72. The van der Waals surface area contributed by atoms with E-state index in [9.17, 15) is 33.8 Å². The maximum Gasteiger partial charge on any atom is 0.369 e. The summed E-state index contributed by atoms with van der Waals surface area (Å²) < 4.78 is 22.8. The minimum atomic E-state index is -5.41. The molecular formula is C15H29N3O7P2. The van der Waals surface area contributed by atoms with Gasteiger partial charge in [-0.1, -0.05) is 13.0 Å². The minimum Gasteiger partial charge on any atom is -0.367 e. The van der Waals surface area contributed by atoms with Crippen molar-refractivity contribution in [3.05, 3.63) is 24.4 Å². The Hall–Kier alpha value is -0.830. The number of rotatable bonds is 12. The first-order valence-electron chi connectivity index (χ1n) is 8.68. The van der Waals surface area contributed by atoms with Gasteiger partial charge in [0.25, 0.3) is 5.08 Å². The van der Waals surface area contributed by atoms with Crippen LogP contribution >= 0.6 is 15.2 Å². The smallest absolute Gasteiger partial charge is 0.367 e. The average molecular weight is 425 g/mol. The third-order valence-electron chi connectivity index (χ3n) is 4.40. The molecule has 0 aliphatic heterocycles. The zero-order chi connectivity index (χ0) is 20.7. The molecule has 156 valence electrons. The van der Waals surface area contributed by atoms with Crippen LogP contribution in [0.4, 0.5) is 5.82 Å². The van der Waals surface area contributed by atoms with Crippen molar-refractivity contribution in [3.8, 4) is 0 Å². The molecule has 0 saturated heterocycles. The molecule has 1 heterocycles. The van der Waals surface area contributed by atoms with Crippen LogP contribution in [0.3, 0.4) is 0 Å². The van der Waals surface area contributed by atoms with E-state index in [0.717, 1.165) is 12.4 Å². The second-order valence-corrected chi connectivity index (χ2v) is 10.2. The lowest BCUT2D eigenvalue weighted by molar-refractivity contribution is 0.109. The Bertz CT molecular complexity index is 643. The molecule has 0 fully saturated rings. The van der Waals surface area contributed by atoms with Crippen LogP contribution < -0.4 is 4.90 Å². The van der Waals surface area contributed by atoms with Crippen molar-refractivity contribution in [1.82, 2.24) is 9.88 Å². The van der Waals surface area contributed by atoms with Gasteiger partial charge in [-0.25, -0.2) is 4.98 Å². The molecule has 10 nitrogen and oxygen atoms in total. The van der Waals surface area contributed by atoms with Crippen molar-refractivity contribution in [3.63, 3.8) is 0 Å². The van der Waals surface area contributed by atoms with Gasteiger partial charge in [0.1, 0.15) is 5.82 Å². The number of hydrogen-bond acceptors (Lipinski definition) is 6. The second kappa shape index (κ2) is 10.1. The summed E-state index contributed by atoms with van der Waals surface area (Å²) in [6, 6.07) is 5.63. The van der Waals surface area contributed by atoms with Gasteiger partial charge in [0.05, 0.1) is 0 Å². The quantitative estimate of drug-likeness (QED) is 0.307. The molecule has 27 heavy (non-hydrogen) atoms. The molecule has 0 aliphatic carbocycles. The summed E-state index contributed by atoms with van der Waals surface area (Å²) in [5, 5.41) is 6.60. The molecule has 5 N–H and O–H groups in total. The molecule has 0 spiro atoms. The lowest BCUT2D eigenvalue weighted by atomic mass is 10.3. The Morgan fingerprint density at radius 1 is 1.00 bits per heavy atom. The molecule has 1 aromatic heterocycles. The van der Waals surface area contributed by atoms with Gasteiger partial charge in [-0.2, -0.15) is 0 Å². The number of aliphatic hydroxyl groups is 1. The van der Waals surface area contributed by atoms with E-state index in [1.807, 2.05) is 32.0 Å². The fraction of sp³-hybridized carbons (Fsp3) is 0.667. The van der Waals surface area contributed by atoms with Crippen molar-refractivity contribution >= 4 is 21.0 Å². The molecule has 0 aromatic carbocycles. The SMILES string of the molecule is CCN(CCCN(CC)c1ccccn1)CCC(O)(P(=O)(O)O)P(=O)(O)O. The summed E-state index contributed by atoms with van der Waals surface area (Å²) in [6.07, 6.45) is 1.69. The van der Waals surface area contributed by atoms with Crippen LogP contribution in [-0.2, 0) is 9.13 Å². The number of nitrogens with zero attached hydrogens (tertiary/aromatic N) is 3. The van der Waals surface area contributed by atoms with E-state index in [-0.39, 0.29) is 6.54 Å². The van der Waals surface area contributed by atoms with E-state index in [1.165, 1.54) is 0 Å². The number of aromatic nitrogens is 1. The first-order chi connectivity index (χ1) is 12.5. The van der Waals surface area contributed by atoms with Gasteiger partial charge in [0.2, 0.25) is 0 Å². The van der Waals surface area contributed by atoms with Crippen molar-refractivity contribution in [2.24, 2.45) is 0 Å². The molecule has 0 bridgehead atoms. The van der Waals surface area contributed by atoms with E-state index in [0.29, 0.717) is 26.1 Å². The van der Waals surface area contributed by atoms with Crippen molar-refractivity contribution in [2.75, 3.05) is 37.6 Å². The molecule has 12 heteroatoms. The Balaban J connectivity index is 2.64. The molecule has 0 radical (unpaired) electrons. The van der Waals surface area contributed by atoms with Crippen LogP contribution in [0.2, 0.25) is 0 Å². The Kier molecular flexibility index (Phi) is 9.05. The molecule has 0 saturated carbocycles. The molecule has 0 aliphatic rings. The Morgan fingerprint density at radius 3 is 2.07 bits per heavy atom. The van der Waals surface area contributed by atoms with Gasteiger partial charge in [-0.05, 0) is 38.6 Å². The van der Waals surface area contributed by atoms with E-state index in [1.54, 1.807) is 11.1 Å². The second-order valence-electron chi connectivity index (χ2n) is 6.17. The van der Waals surface area contributed by atoms with E-state index in [2.05, 4.69) is 9.88 Å². The number of anilines is 1. The third-order valence-corrected chi connectivity index (χ3v) is 8.28. The van der Waals surface area contributed by atoms with Crippen molar-refractivity contribution < 1.29 is 33.8 Å². The monoisotopic (exact) mass is 425 g/mol. The van der Waals surface area contributed by atoms with E-state index >= 15 is 0 Å². The molecule has 1 aromatic rings. The van der Waals surface area contributed by atoms with Crippen LogP contribution in [0.1, 0.15) is 26.7 Å². The highest BCUT2D eigenvalue weighted by atomic mass is 31.2. The number of pyridine rings is 1. The Morgan fingerprint density at radius 2 is 1.63 bits per heavy atom. The van der Waals surface area contributed by atoms with Gasteiger partial charge >= 0.3 is 15.2 Å². The highest BCUT2D eigenvalue weighted by Gasteiger charge is 2.58. The van der Waals surface area contributed by atoms with Crippen LogP contribution in [0, 0.1) is 0 Å². The zero-order valence-electron chi connectivity index (χ0n) is 15.5. The van der Waals surface area contributed by atoms with Gasteiger partial charge in [0, 0.05) is 32.3 Å². The Labute approximate surface area is 159 Å². The largest absolute Gasteiger partial charge is 0.369 e. The lowest BCUT2D eigenvalue weighted by Crippen LogP contribution is -2.36. The first-order valence-corrected chi connectivity index (χ1v) is 11.9. The van der Waals surface area contributed by atoms with Crippen LogP contribution in [0.15, 0.2) is 24.4 Å². The van der Waals surface area contributed by atoms with Crippen LogP contribution in [0.5, 0.6) is 0 Å². The van der Waals surface area contributed by atoms with Gasteiger partial charge in [-0.15, -0.1) is 0 Å². The third kappa shape index (κ3) is 6.62. The lowest BCUT2D eigenvalue weighted by Gasteiger charge is -2.32. The van der Waals surface area contributed by atoms with Crippen molar-refractivity contribution in [1.29, 1.82) is 0 Å². The summed E-state index contributed by atoms with van der Waals surface area (Å²) in [4.78, 5) is 45.0. The zero-order valence-corrected chi connectivity index (χ0v) is 17.3. The predicted molar refractivity (Wildman–Crippen MR) is 103 cm³/mol. The van der Waals surface area contributed by atoms with Crippen molar-refractivity contribution in [2.45, 2.75) is 31.8 Å². The molecular weight excluding hydrogens is 396 g/mol. The molecule has 0 atom stereocenters. The summed E-state index contributed by atoms with van der Waals surface area (Å²) in [5.74, 6) is 0.848. The highest BCUT2D eigenvalue weighted by Crippen LogP contribution is 2.68. The number of hydrogen-bond donors (Lipinski definition) is 5. The summed E-state index contributed by atoms with van der Waals surface area (Å²) in [5.41, 5.74) is 0. The summed E-state index contributed by atoms with van der Waals surface area (Å²) in [6.45, 7) is 6.28. The average Bonchev–Trinajstić information content (AvgIpc) is 2.59. The topological polar surface area (TPSA) is 155 Å². The van der Waals surface area contributed by atoms with Gasteiger partial charge < -0.3 is 34.5 Å². The van der Waals surface area contributed by atoms with Crippen LogP contribution in [-0.4, -0.2) is 72.4 Å². The standard InChI is InChI=1S/C15H29N3O7P2/c1-3-17(13-9-15(19,26(20,21)22)27(23,24)25)11-7-12-18(4-2)14-8-5-6-10-16-14/h5-6,8,10,19H,3-4,7,9,11-13H2,1-2H3,(H2,20,21,22)(H2,23,24,25). The fourth-order valence-corrected chi connectivity index (χ4v) is 4.80. The fourth-order valence-electron chi connectivity index (χ4n) is 2.66. The summed E-state index contributed by atoms with van der Waals surface area (Å²) >= 11 is 0. The van der Waals surface area contributed by atoms with Crippen LogP contribution in [0.25, 0.3) is 0 Å². The van der Waals surface area contributed by atoms with Gasteiger partial charge in [-0.3, -0.25) is 9.13 Å². The van der Waals surface area contributed by atoms with E-state index < -0.39 is 26.7 Å². The molecule has 0 amide bonds. The van der Waals surface area contributed by atoms with Gasteiger partial charge in [0.15, 0.2) is 0 Å². The van der Waals surface area contributed by atoms with E-state index in [4.69, 9.17) is 0 Å².